The molecule has 2 N–H and O–H groups in total. The number of anilines is 1. The summed E-state index contributed by atoms with van der Waals surface area (Å²) in [7, 11) is 3.46. The topological polar surface area (TPSA) is 61.8 Å². The number of aromatic nitrogens is 1. The van der Waals surface area contributed by atoms with Crippen molar-refractivity contribution in [3.63, 3.8) is 0 Å². The van der Waals surface area contributed by atoms with E-state index in [0.717, 1.165) is 41.7 Å². The molecule has 0 atom stereocenters. The van der Waals surface area contributed by atoms with Gasteiger partial charge in [0.25, 0.3) is 0 Å². The average molecular weight is 353 g/mol. The van der Waals surface area contributed by atoms with Crippen LogP contribution in [0.5, 0.6) is 5.75 Å². The molecule has 1 aromatic heterocycles. The monoisotopic (exact) mass is 353 g/mol. The lowest BCUT2D eigenvalue weighted by Gasteiger charge is -2.17. The number of benzene rings is 1. The Bertz CT molecular complexity index is 723. The smallest absolute Gasteiger partial charge is 0.191 e. The number of para-hydroxylation sites is 1. The van der Waals surface area contributed by atoms with E-state index in [1.165, 1.54) is 12.8 Å². The van der Waals surface area contributed by atoms with Gasteiger partial charge >= 0.3 is 0 Å². The number of hydrogen-bond donors (Lipinski definition) is 2. The minimum atomic E-state index is 0.649. The highest BCUT2D eigenvalue weighted by Crippen LogP contribution is 2.18. The predicted octanol–water partition coefficient (Wildman–Crippen LogP) is 2.56. The Kier molecular flexibility index (Phi) is 6.30. The third-order valence-electron chi connectivity index (χ3n) is 4.56. The molecular formula is C20H27N5O. The minimum Gasteiger partial charge on any atom is -0.496 e. The Morgan fingerprint density at radius 1 is 1.12 bits per heavy atom. The fourth-order valence-corrected chi connectivity index (χ4v) is 3.09. The van der Waals surface area contributed by atoms with Crippen molar-refractivity contribution in [2.75, 3.05) is 32.1 Å². The van der Waals surface area contributed by atoms with Crippen molar-refractivity contribution in [3.05, 3.63) is 53.7 Å². The molecule has 1 aliphatic rings. The Hall–Kier alpha value is -2.76. The van der Waals surface area contributed by atoms with Crippen molar-refractivity contribution in [1.29, 1.82) is 0 Å². The van der Waals surface area contributed by atoms with E-state index in [-0.39, 0.29) is 0 Å². The van der Waals surface area contributed by atoms with E-state index in [9.17, 15) is 0 Å². The number of nitrogens with zero attached hydrogens (tertiary/aromatic N) is 3. The van der Waals surface area contributed by atoms with Crippen LogP contribution in [0.25, 0.3) is 0 Å². The standard InChI is InChI=1S/C20H27N5O/c1-21-20(24-15-17-7-3-4-8-18(17)26-2)23-14-16-9-10-19(22-13-16)25-11-5-6-12-25/h3-4,7-10,13H,5-6,11-12,14-15H2,1-2H3,(H2,21,23,24). The largest absolute Gasteiger partial charge is 0.496 e. The Labute approximate surface area is 155 Å². The highest BCUT2D eigenvalue weighted by Gasteiger charge is 2.13. The van der Waals surface area contributed by atoms with Crippen molar-refractivity contribution in [2.24, 2.45) is 4.99 Å². The zero-order valence-corrected chi connectivity index (χ0v) is 15.5. The number of hydrogen-bond acceptors (Lipinski definition) is 4. The van der Waals surface area contributed by atoms with E-state index < -0.39 is 0 Å². The summed E-state index contributed by atoms with van der Waals surface area (Å²) in [4.78, 5) is 11.2. The summed E-state index contributed by atoms with van der Waals surface area (Å²) >= 11 is 0. The Balaban J connectivity index is 1.50. The van der Waals surface area contributed by atoms with Crippen molar-refractivity contribution in [3.8, 4) is 5.75 Å². The second kappa shape index (κ2) is 9.08. The van der Waals surface area contributed by atoms with Gasteiger partial charge in [-0.05, 0) is 30.5 Å². The molecule has 0 unspecified atom stereocenters. The van der Waals surface area contributed by atoms with Crippen LogP contribution in [0.2, 0.25) is 0 Å². The summed E-state index contributed by atoms with van der Waals surface area (Å²) in [5, 5.41) is 6.64. The lowest BCUT2D eigenvalue weighted by atomic mass is 10.2. The molecule has 3 rings (SSSR count). The first-order valence-corrected chi connectivity index (χ1v) is 9.06. The molecule has 2 aromatic rings. The van der Waals surface area contributed by atoms with Gasteiger partial charge in [0, 0.05) is 45.0 Å². The third-order valence-corrected chi connectivity index (χ3v) is 4.56. The molecule has 0 saturated carbocycles. The van der Waals surface area contributed by atoms with Gasteiger partial charge in [0.05, 0.1) is 7.11 Å². The molecule has 26 heavy (non-hydrogen) atoms. The van der Waals surface area contributed by atoms with Crippen LogP contribution in [0.1, 0.15) is 24.0 Å². The molecule has 0 radical (unpaired) electrons. The second-order valence-corrected chi connectivity index (χ2v) is 6.31. The van der Waals surface area contributed by atoms with Gasteiger partial charge in [-0.2, -0.15) is 0 Å². The van der Waals surface area contributed by atoms with Crippen LogP contribution in [-0.4, -0.2) is 38.2 Å². The maximum atomic E-state index is 5.38. The molecule has 0 spiro atoms. The van der Waals surface area contributed by atoms with Gasteiger partial charge in [-0.3, -0.25) is 4.99 Å². The van der Waals surface area contributed by atoms with Gasteiger partial charge in [-0.1, -0.05) is 24.3 Å². The van der Waals surface area contributed by atoms with E-state index in [1.807, 2.05) is 30.5 Å². The van der Waals surface area contributed by atoms with Crippen molar-refractivity contribution < 1.29 is 4.74 Å². The predicted molar refractivity (Wildman–Crippen MR) is 106 cm³/mol. The van der Waals surface area contributed by atoms with Gasteiger partial charge in [-0.25, -0.2) is 4.98 Å². The minimum absolute atomic E-state index is 0.649. The number of aliphatic imine (C=N–C) groups is 1. The first kappa shape index (κ1) is 18.0. The average Bonchev–Trinajstić information content (AvgIpc) is 3.23. The van der Waals surface area contributed by atoms with E-state index in [4.69, 9.17) is 4.74 Å². The first-order valence-electron chi connectivity index (χ1n) is 9.06. The van der Waals surface area contributed by atoms with Gasteiger partial charge in [0.1, 0.15) is 11.6 Å². The fraction of sp³-hybridized carbons (Fsp3) is 0.400. The third kappa shape index (κ3) is 4.65. The SMILES string of the molecule is CN=C(NCc1ccc(N2CCCC2)nc1)NCc1ccccc1OC. The fourth-order valence-electron chi connectivity index (χ4n) is 3.09. The number of guanidine groups is 1. The van der Waals surface area contributed by atoms with Crippen LogP contribution in [-0.2, 0) is 13.1 Å². The molecule has 1 saturated heterocycles. The van der Waals surface area contributed by atoms with Crippen LogP contribution in [0.3, 0.4) is 0 Å². The first-order chi connectivity index (χ1) is 12.8. The van der Waals surface area contributed by atoms with E-state index >= 15 is 0 Å². The summed E-state index contributed by atoms with van der Waals surface area (Å²) in [6.07, 6.45) is 4.46. The second-order valence-electron chi connectivity index (χ2n) is 6.31. The maximum Gasteiger partial charge on any atom is 0.191 e. The number of methoxy groups -OCH3 is 1. The van der Waals surface area contributed by atoms with Crippen LogP contribution < -0.4 is 20.3 Å². The summed E-state index contributed by atoms with van der Waals surface area (Å²) in [6, 6.07) is 12.2. The summed E-state index contributed by atoms with van der Waals surface area (Å²) in [6.45, 7) is 3.56. The van der Waals surface area contributed by atoms with Crippen LogP contribution >= 0.6 is 0 Å². The summed E-state index contributed by atoms with van der Waals surface area (Å²) < 4.78 is 5.38. The molecule has 2 heterocycles. The molecule has 1 aromatic carbocycles. The number of pyridine rings is 1. The van der Waals surface area contributed by atoms with Crippen LogP contribution in [0.15, 0.2) is 47.6 Å². The molecule has 1 aliphatic heterocycles. The Morgan fingerprint density at radius 2 is 1.88 bits per heavy atom. The summed E-state index contributed by atoms with van der Waals surface area (Å²) in [5.74, 6) is 2.70. The quantitative estimate of drug-likeness (QED) is 0.617. The van der Waals surface area contributed by atoms with Crippen LogP contribution in [0.4, 0.5) is 5.82 Å². The molecule has 0 aliphatic carbocycles. The molecule has 6 nitrogen and oxygen atoms in total. The van der Waals surface area contributed by atoms with Gasteiger partial charge in [-0.15, -0.1) is 0 Å². The van der Waals surface area contributed by atoms with Crippen molar-refractivity contribution >= 4 is 11.8 Å². The molecule has 0 amide bonds. The lowest BCUT2D eigenvalue weighted by Crippen LogP contribution is -2.36. The van der Waals surface area contributed by atoms with Gasteiger partial charge < -0.3 is 20.3 Å². The number of ether oxygens (including phenoxy) is 1. The number of rotatable bonds is 6. The van der Waals surface area contributed by atoms with Gasteiger partial charge in [0.15, 0.2) is 5.96 Å². The highest BCUT2D eigenvalue weighted by molar-refractivity contribution is 5.79. The molecular weight excluding hydrogens is 326 g/mol. The van der Waals surface area contributed by atoms with Crippen LogP contribution in [0, 0.1) is 0 Å². The lowest BCUT2D eigenvalue weighted by molar-refractivity contribution is 0.409. The Morgan fingerprint density at radius 3 is 2.58 bits per heavy atom. The highest BCUT2D eigenvalue weighted by atomic mass is 16.5. The maximum absolute atomic E-state index is 5.38. The summed E-state index contributed by atoms with van der Waals surface area (Å²) in [5.41, 5.74) is 2.22. The molecule has 138 valence electrons. The van der Waals surface area contributed by atoms with Gasteiger partial charge in [0.2, 0.25) is 0 Å². The van der Waals surface area contributed by atoms with E-state index in [0.29, 0.717) is 13.1 Å². The zero-order chi connectivity index (χ0) is 18.2. The van der Waals surface area contributed by atoms with E-state index in [1.54, 1.807) is 14.2 Å². The number of nitrogens with one attached hydrogen (secondary N) is 2. The zero-order valence-electron chi connectivity index (χ0n) is 15.5. The molecule has 0 bridgehead atoms. The van der Waals surface area contributed by atoms with E-state index in [2.05, 4.69) is 37.6 Å². The van der Waals surface area contributed by atoms with Crippen molar-refractivity contribution in [2.45, 2.75) is 25.9 Å². The normalized spacial score (nSPS) is 14.4. The molecule has 6 heteroatoms. The molecule has 1 fully saturated rings. The van der Waals surface area contributed by atoms with Crippen molar-refractivity contribution in [1.82, 2.24) is 15.6 Å².